The third kappa shape index (κ3) is 2.54. The molecule has 7 heteroatoms. The second-order valence-electron chi connectivity index (χ2n) is 5.61. The van der Waals surface area contributed by atoms with Gasteiger partial charge in [0.15, 0.2) is 22.8 Å². The molecule has 1 aromatic heterocycles. The largest absolute Gasteiger partial charge is 0.490 e. The molecule has 0 aliphatic carbocycles. The van der Waals surface area contributed by atoms with E-state index in [1.807, 2.05) is 0 Å². The molecule has 0 bridgehead atoms. The van der Waals surface area contributed by atoms with E-state index in [1.54, 1.807) is 24.3 Å². The Balaban J connectivity index is 1.88. The number of fused-ring (bicyclic) bond motifs is 2. The van der Waals surface area contributed by atoms with Gasteiger partial charge in [0.1, 0.15) is 6.26 Å². The average molecular weight is 354 g/mol. The van der Waals surface area contributed by atoms with Gasteiger partial charge in [-0.3, -0.25) is 9.59 Å². The number of ether oxygens (including phenoxy) is 4. The highest BCUT2D eigenvalue weighted by Crippen LogP contribution is 2.38. The van der Waals surface area contributed by atoms with Gasteiger partial charge in [-0.15, -0.1) is 0 Å². The molecule has 1 aliphatic heterocycles. The third-order valence-corrected chi connectivity index (χ3v) is 4.00. The number of carbonyl (C=O) groups is 1. The SMILES string of the molecule is COc1c(OC(C)=O)ccc2c(=O)c(-c3ccc4c(c3)OCO4)coc12. The van der Waals surface area contributed by atoms with Crippen LogP contribution in [0.1, 0.15) is 6.92 Å². The van der Waals surface area contributed by atoms with Gasteiger partial charge < -0.3 is 23.4 Å². The Hall–Kier alpha value is -3.48. The first-order valence-corrected chi connectivity index (χ1v) is 7.79. The highest BCUT2D eigenvalue weighted by atomic mass is 16.7. The second-order valence-corrected chi connectivity index (χ2v) is 5.61. The molecule has 3 aromatic rings. The van der Waals surface area contributed by atoms with Gasteiger partial charge in [-0.2, -0.15) is 0 Å². The van der Waals surface area contributed by atoms with Gasteiger partial charge in [-0.25, -0.2) is 0 Å². The van der Waals surface area contributed by atoms with Crippen LogP contribution in [0, 0.1) is 0 Å². The normalized spacial score (nSPS) is 12.2. The van der Waals surface area contributed by atoms with Crippen molar-refractivity contribution in [1.29, 1.82) is 0 Å². The number of benzene rings is 2. The molecule has 0 fully saturated rings. The van der Waals surface area contributed by atoms with Crippen molar-refractivity contribution in [1.82, 2.24) is 0 Å². The van der Waals surface area contributed by atoms with Gasteiger partial charge in [-0.1, -0.05) is 6.07 Å². The number of esters is 1. The fourth-order valence-corrected chi connectivity index (χ4v) is 2.85. The van der Waals surface area contributed by atoms with E-state index in [1.165, 1.54) is 26.4 Å². The van der Waals surface area contributed by atoms with Crippen molar-refractivity contribution >= 4 is 16.9 Å². The van der Waals surface area contributed by atoms with Crippen molar-refractivity contribution in [3.63, 3.8) is 0 Å². The summed E-state index contributed by atoms with van der Waals surface area (Å²) in [5.74, 6) is 1.08. The average Bonchev–Trinajstić information content (AvgIpc) is 3.09. The minimum Gasteiger partial charge on any atom is -0.490 e. The summed E-state index contributed by atoms with van der Waals surface area (Å²) in [6.45, 7) is 1.43. The van der Waals surface area contributed by atoms with Gasteiger partial charge in [-0.05, 0) is 29.8 Å². The first kappa shape index (κ1) is 16.0. The van der Waals surface area contributed by atoms with Crippen molar-refractivity contribution < 1.29 is 28.2 Å². The monoisotopic (exact) mass is 354 g/mol. The maximum Gasteiger partial charge on any atom is 0.308 e. The molecule has 0 atom stereocenters. The highest BCUT2D eigenvalue weighted by Gasteiger charge is 2.19. The smallest absolute Gasteiger partial charge is 0.308 e. The zero-order chi connectivity index (χ0) is 18.3. The van der Waals surface area contributed by atoms with Crippen LogP contribution in [0.4, 0.5) is 0 Å². The van der Waals surface area contributed by atoms with Crippen molar-refractivity contribution in [3.8, 4) is 34.1 Å². The van der Waals surface area contributed by atoms with Crippen molar-refractivity contribution in [3.05, 3.63) is 46.8 Å². The molecule has 1 aliphatic rings. The molecule has 2 aromatic carbocycles. The zero-order valence-electron chi connectivity index (χ0n) is 14.0. The Morgan fingerprint density at radius 1 is 1.12 bits per heavy atom. The van der Waals surface area contributed by atoms with Crippen LogP contribution in [0.25, 0.3) is 22.1 Å². The zero-order valence-corrected chi connectivity index (χ0v) is 14.0. The Kier molecular flexibility index (Phi) is 3.76. The van der Waals surface area contributed by atoms with Gasteiger partial charge in [0.25, 0.3) is 0 Å². The molecule has 0 N–H and O–H groups in total. The summed E-state index contributed by atoms with van der Waals surface area (Å²) in [4.78, 5) is 24.2. The van der Waals surface area contributed by atoms with Crippen molar-refractivity contribution in [2.75, 3.05) is 13.9 Å². The number of rotatable bonds is 3. The van der Waals surface area contributed by atoms with E-state index in [0.29, 0.717) is 28.0 Å². The lowest BCUT2D eigenvalue weighted by Crippen LogP contribution is -2.07. The first-order chi connectivity index (χ1) is 12.6. The fraction of sp³-hybridized carbons (Fsp3) is 0.158. The molecular formula is C19H14O7. The van der Waals surface area contributed by atoms with Crippen LogP contribution in [0.2, 0.25) is 0 Å². The number of hydrogen-bond donors (Lipinski definition) is 0. The Morgan fingerprint density at radius 2 is 1.92 bits per heavy atom. The summed E-state index contributed by atoms with van der Waals surface area (Å²) < 4.78 is 26.7. The highest BCUT2D eigenvalue weighted by molar-refractivity contribution is 5.89. The molecular weight excluding hydrogens is 340 g/mol. The summed E-state index contributed by atoms with van der Waals surface area (Å²) in [5, 5.41) is 0.313. The van der Waals surface area contributed by atoms with E-state index in [0.717, 1.165) is 0 Å². The molecule has 7 nitrogen and oxygen atoms in total. The molecule has 132 valence electrons. The molecule has 0 radical (unpaired) electrons. The lowest BCUT2D eigenvalue weighted by atomic mass is 10.0. The lowest BCUT2D eigenvalue weighted by molar-refractivity contribution is -0.131. The van der Waals surface area contributed by atoms with Crippen LogP contribution in [0.3, 0.4) is 0 Å². The minimum atomic E-state index is -0.498. The fourth-order valence-electron chi connectivity index (χ4n) is 2.85. The summed E-state index contributed by atoms with van der Waals surface area (Å²) >= 11 is 0. The van der Waals surface area contributed by atoms with Crippen LogP contribution >= 0.6 is 0 Å². The Bertz CT molecular complexity index is 1080. The van der Waals surface area contributed by atoms with Crippen LogP contribution in [-0.4, -0.2) is 19.9 Å². The molecule has 26 heavy (non-hydrogen) atoms. The number of carbonyl (C=O) groups excluding carboxylic acids is 1. The third-order valence-electron chi connectivity index (χ3n) is 4.00. The summed E-state index contributed by atoms with van der Waals surface area (Å²) in [6, 6.07) is 8.27. The molecule has 0 spiro atoms. The van der Waals surface area contributed by atoms with E-state index in [2.05, 4.69) is 0 Å². The van der Waals surface area contributed by atoms with Gasteiger partial charge in [0.2, 0.25) is 18.0 Å². The maximum absolute atomic E-state index is 12.9. The second kappa shape index (κ2) is 6.11. The lowest BCUT2D eigenvalue weighted by Gasteiger charge is -2.10. The van der Waals surface area contributed by atoms with E-state index >= 15 is 0 Å². The predicted molar refractivity (Wildman–Crippen MR) is 91.9 cm³/mol. The minimum absolute atomic E-state index is 0.154. The van der Waals surface area contributed by atoms with Crippen molar-refractivity contribution in [2.45, 2.75) is 6.92 Å². The van der Waals surface area contributed by atoms with Gasteiger partial charge in [0.05, 0.1) is 18.1 Å². The molecule has 0 unspecified atom stereocenters. The first-order valence-electron chi connectivity index (χ1n) is 7.79. The van der Waals surface area contributed by atoms with Gasteiger partial charge in [0, 0.05) is 6.92 Å². The maximum atomic E-state index is 12.9. The topological polar surface area (TPSA) is 84.2 Å². The summed E-state index contributed by atoms with van der Waals surface area (Å²) in [6.07, 6.45) is 1.35. The molecule has 4 rings (SSSR count). The van der Waals surface area contributed by atoms with E-state index in [4.69, 9.17) is 23.4 Å². The Labute approximate surface area is 147 Å². The van der Waals surface area contributed by atoms with Crippen LogP contribution < -0.4 is 24.4 Å². The predicted octanol–water partition coefficient (Wildman–Crippen LogP) is 3.12. The summed E-state index contributed by atoms with van der Waals surface area (Å²) in [5.41, 5.74) is 0.990. The number of methoxy groups -OCH3 is 1. The van der Waals surface area contributed by atoms with Crippen LogP contribution in [0.5, 0.6) is 23.0 Å². The van der Waals surface area contributed by atoms with E-state index in [-0.39, 0.29) is 29.3 Å². The van der Waals surface area contributed by atoms with Crippen molar-refractivity contribution in [2.24, 2.45) is 0 Å². The quantitative estimate of drug-likeness (QED) is 0.528. The van der Waals surface area contributed by atoms with E-state index in [9.17, 15) is 9.59 Å². The summed E-state index contributed by atoms with van der Waals surface area (Å²) in [7, 11) is 1.41. The standard InChI is InChI=1S/C19H14O7/c1-10(20)26-15-6-4-12-17(21)13(8-23-18(12)19(15)22-2)11-3-5-14-16(7-11)25-9-24-14/h3-8H,9H2,1-2H3. The molecule has 0 saturated carbocycles. The van der Waals surface area contributed by atoms with Crippen LogP contribution in [0.15, 0.2) is 45.8 Å². The molecule has 2 heterocycles. The Morgan fingerprint density at radius 3 is 2.69 bits per heavy atom. The molecule has 0 saturated heterocycles. The molecule has 0 amide bonds. The van der Waals surface area contributed by atoms with Crippen LogP contribution in [-0.2, 0) is 4.79 Å². The number of hydrogen-bond acceptors (Lipinski definition) is 7. The van der Waals surface area contributed by atoms with Gasteiger partial charge >= 0.3 is 5.97 Å². The van der Waals surface area contributed by atoms with E-state index < -0.39 is 5.97 Å².